The Kier molecular flexibility index (Phi) is 10.8. The highest BCUT2D eigenvalue weighted by molar-refractivity contribution is 6.26. The second kappa shape index (κ2) is 17.4. The van der Waals surface area contributed by atoms with Crippen LogP contribution in [-0.2, 0) is 0 Å². The van der Waals surface area contributed by atoms with Gasteiger partial charge in [0.15, 0.2) is 5.84 Å². The molecule has 2 N–H and O–H groups in total. The number of allylic oxidation sites excluding steroid dienone is 1. The molecule has 0 bridgehead atoms. The van der Waals surface area contributed by atoms with Gasteiger partial charge in [0, 0.05) is 56.5 Å². The summed E-state index contributed by atoms with van der Waals surface area (Å²) in [5.74, 6) is 0.681. The fourth-order valence-corrected chi connectivity index (χ4v) is 9.28. The normalized spacial score (nSPS) is 11.8. The molecule has 6 nitrogen and oxygen atoms in total. The lowest BCUT2D eigenvalue weighted by Gasteiger charge is -2.15. The lowest BCUT2D eigenvalue weighted by molar-refractivity contribution is 1.03. The van der Waals surface area contributed by atoms with Gasteiger partial charge >= 0.3 is 0 Å². The number of amidine groups is 1. The first kappa shape index (κ1) is 40.6. The molecular weight excluding hydrogens is 793 g/mol. The quantitative estimate of drug-likeness (QED) is 0.127. The van der Waals surface area contributed by atoms with Crippen LogP contribution in [0.25, 0.3) is 89.2 Å². The summed E-state index contributed by atoms with van der Waals surface area (Å²) in [5.41, 5.74) is 13.6. The second-order valence-electron chi connectivity index (χ2n) is 16.1. The number of nitrogens with zero attached hydrogens (tertiary/aromatic N) is 4. The van der Waals surface area contributed by atoms with E-state index in [4.69, 9.17) is 4.99 Å². The van der Waals surface area contributed by atoms with E-state index in [0.717, 1.165) is 66.7 Å². The zero-order chi connectivity index (χ0) is 44.4. The third-order valence-corrected chi connectivity index (χ3v) is 12.1. The summed E-state index contributed by atoms with van der Waals surface area (Å²) in [5, 5.41) is 18.8. The molecule has 0 aliphatic rings. The highest BCUT2D eigenvalue weighted by Gasteiger charge is 2.22. The molecule has 0 unspecified atom stereocenters. The number of aromatic nitrogens is 3. The van der Waals surface area contributed by atoms with E-state index in [1.165, 1.54) is 27.1 Å². The number of para-hydroxylation sites is 4. The molecule has 0 saturated carbocycles. The molecule has 0 saturated heterocycles. The van der Waals surface area contributed by atoms with Crippen LogP contribution in [0.2, 0.25) is 0 Å². The van der Waals surface area contributed by atoms with Crippen LogP contribution in [0.3, 0.4) is 0 Å². The summed E-state index contributed by atoms with van der Waals surface area (Å²) >= 11 is 0. The van der Waals surface area contributed by atoms with E-state index >= 15 is 0 Å². The lowest BCUT2D eigenvalue weighted by atomic mass is 10.0. The number of aryl methyl sites for hydroxylation is 1. The topological polar surface area (TPSA) is 63.0 Å². The Morgan fingerprint density at radius 1 is 0.569 bits per heavy atom. The monoisotopic (exact) mass is 840 g/mol. The molecule has 3 aromatic heterocycles. The molecule has 0 aliphatic carbocycles. The predicted molar refractivity (Wildman–Crippen MR) is 277 cm³/mol. The van der Waals surface area contributed by atoms with Crippen molar-refractivity contribution in [2.24, 2.45) is 4.99 Å². The smallest absolute Gasteiger partial charge is 0.209 e. The number of benzene rings is 8. The van der Waals surface area contributed by atoms with Gasteiger partial charge in [-0.05, 0) is 85.6 Å². The molecule has 11 rings (SSSR count). The number of hydrogen-bond donors (Lipinski definition) is 2. The van der Waals surface area contributed by atoms with Crippen molar-refractivity contribution in [3.8, 4) is 22.5 Å². The van der Waals surface area contributed by atoms with E-state index in [-0.39, 0.29) is 5.84 Å². The summed E-state index contributed by atoms with van der Waals surface area (Å²) in [6.07, 6.45) is 5.98. The van der Waals surface area contributed by atoms with Gasteiger partial charge in [-0.1, -0.05) is 164 Å². The standard InChI is InChI=1S/C52H40N6.C7H8/c1-4-18-44-39(5-2)40-23-12-16-27-46(40)58(44)52(54-3)55-51(53)36-31-35(34-19-8-6-9-20-34)32-38(33-36)57-45-26-15-13-24-41(45)42-29-30-48-49(50(42)57)43-25-14-17-28-47(43)56(48)37-21-10-7-11-22-37;1-7-5-3-2-4-6-7/h4-33H,2H2,1,3H3,(H2,53,54,55);2-6H,1H3/b18-4-;. The van der Waals surface area contributed by atoms with Crippen LogP contribution in [0.4, 0.5) is 0 Å². The van der Waals surface area contributed by atoms with Crippen LogP contribution >= 0.6 is 0 Å². The Morgan fingerprint density at radius 2 is 1.17 bits per heavy atom. The van der Waals surface area contributed by atoms with Crippen molar-refractivity contribution in [1.29, 1.82) is 5.41 Å². The van der Waals surface area contributed by atoms with Crippen molar-refractivity contribution in [3.05, 3.63) is 229 Å². The third kappa shape index (κ3) is 7.21. The first-order valence-electron chi connectivity index (χ1n) is 22.0. The Morgan fingerprint density at radius 3 is 1.82 bits per heavy atom. The molecule has 65 heavy (non-hydrogen) atoms. The highest BCUT2D eigenvalue weighted by Crippen LogP contribution is 2.42. The molecule has 6 heteroatoms. The summed E-state index contributed by atoms with van der Waals surface area (Å²) in [6, 6.07) is 67.8. The molecule has 0 fully saturated rings. The van der Waals surface area contributed by atoms with Crippen LogP contribution in [0.15, 0.2) is 212 Å². The first-order chi connectivity index (χ1) is 32.0. The SMILES string of the molecule is C=Cc1c(/C=C\C)n(C(=NC(=N)c2cc(-c3ccccc3)cc(-n3c4ccccc4c4ccc5c(c6ccccc6n5-c5ccccc5)c43)c2)NC)c2ccccc12.Cc1ccccc1. The largest absolute Gasteiger partial charge is 0.358 e. The molecule has 0 radical (unpaired) electrons. The Hall–Kier alpha value is -8.48. The maximum atomic E-state index is 9.70. The fraction of sp³-hybridized carbons (Fsp3) is 0.0508. The van der Waals surface area contributed by atoms with Gasteiger partial charge in [-0.15, -0.1) is 0 Å². The Balaban J connectivity index is 0.000000652. The van der Waals surface area contributed by atoms with E-state index in [9.17, 15) is 5.41 Å². The van der Waals surface area contributed by atoms with E-state index in [1.807, 2.05) is 62.5 Å². The van der Waals surface area contributed by atoms with Gasteiger partial charge in [-0.3, -0.25) is 9.98 Å². The van der Waals surface area contributed by atoms with Crippen LogP contribution < -0.4 is 5.32 Å². The van der Waals surface area contributed by atoms with Gasteiger partial charge in [0.05, 0.1) is 33.3 Å². The van der Waals surface area contributed by atoms with Crippen molar-refractivity contribution in [3.63, 3.8) is 0 Å². The molecule has 0 amide bonds. The maximum Gasteiger partial charge on any atom is 0.209 e. The zero-order valence-corrected chi connectivity index (χ0v) is 36.7. The zero-order valence-electron chi connectivity index (χ0n) is 36.7. The average molecular weight is 841 g/mol. The van der Waals surface area contributed by atoms with Gasteiger partial charge in [-0.25, -0.2) is 0 Å². The van der Waals surface area contributed by atoms with E-state index in [0.29, 0.717) is 11.5 Å². The van der Waals surface area contributed by atoms with Gasteiger partial charge in [0.2, 0.25) is 5.96 Å². The van der Waals surface area contributed by atoms with Gasteiger partial charge in [0.1, 0.15) is 0 Å². The van der Waals surface area contributed by atoms with Crippen LogP contribution in [0, 0.1) is 12.3 Å². The summed E-state index contributed by atoms with van der Waals surface area (Å²) < 4.78 is 6.84. The number of rotatable bonds is 6. The van der Waals surface area contributed by atoms with Gasteiger partial charge < -0.3 is 14.5 Å². The van der Waals surface area contributed by atoms with Crippen molar-refractivity contribution >= 4 is 78.5 Å². The van der Waals surface area contributed by atoms with Crippen LogP contribution in [-0.4, -0.2) is 32.5 Å². The molecule has 3 heterocycles. The number of aliphatic imine (C=N–C) groups is 1. The highest BCUT2D eigenvalue weighted by atomic mass is 15.2. The van der Waals surface area contributed by atoms with Crippen LogP contribution in [0.1, 0.15) is 29.3 Å². The number of fused-ring (bicyclic) bond motifs is 8. The van der Waals surface area contributed by atoms with E-state index in [2.05, 4.69) is 196 Å². The van der Waals surface area contributed by atoms with Crippen molar-refractivity contribution in [2.75, 3.05) is 7.05 Å². The Bertz CT molecular complexity index is 3620. The van der Waals surface area contributed by atoms with Gasteiger partial charge in [-0.2, -0.15) is 4.99 Å². The lowest BCUT2D eigenvalue weighted by Crippen LogP contribution is -2.29. The maximum absolute atomic E-state index is 9.70. The Labute approximate surface area is 378 Å². The minimum Gasteiger partial charge on any atom is -0.358 e. The first-order valence-corrected chi connectivity index (χ1v) is 22.0. The second-order valence-corrected chi connectivity index (χ2v) is 16.1. The summed E-state index contributed by atoms with van der Waals surface area (Å²) in [7, 11) is 1.86. The van der Waals surface area contributed by atoms with E-state index in [1.54, 1.807) is 0 Å². The molecular formula is C59H48N6. The van der Waals surface area contributed by atoms with Gasteiger partial charge in [0.25, 0.3) is 0 Å². The van der Waals surface area contributed by atoms with Crippen molar-refractivity contribution in [2.45, 2.75) is 13.8 Å². The average Bonchev–Trinajstić information content (AvgIpc) is 3.99. The van der Waals surface area contributed by atoms with Crippen molar-refractivity contribution in [1.82, 2.24) is 19.0 Å². The third-order valence-electron chi connectivity index (χ3n) is 12.1. The fourth-order valence-electron chi connectivity index (χ4n) is 9.28. The summed E-state index contributed by atoms with van der Waals surface area (Å²) in [4.78, 5) is 5.06. The van der Waals surface area contributed by atoms with Crippen molar-refractivity contribution < 1.29 is 0 Å². The molecule has 8 aromatic carbocycles. The van der Waals surface area contributed by atoms with E-state index < -0.39 is 0 Å². The molecule has 314 valence electrons. The summed E-state index contributed by atoms with van der Waals surface area (Å²) in [6.45, 7) is 8.23. The number of nitrogens with one attached hydrogen (secondary N) is 2. The molecule has 0 atom stereocenters. The predicted octanol–water partition coefficient (Wildman–Crippen LogP) is 14.6. The minimum absolute atomic E-state index is 0.138. The molecule has 0 spiro atoms. The molecule has 0 aliphatic heterocycles. The number of hydrogen-bond acceptors (Lipinski definition) is 1. The minimum atomic E-state index is 0.138. The van der Waals surface area contributed by atoms with Crippen LogP contribution in [0.5, 0.6) is 0 Å². The molecule has 11 aromatic rings.